The molecule has 33 heavy (non-hydrogen) atoms. The number of thioether (sulfide) groups is 1. The summed E-state index contributed by atoms with van der Waals surface area (Å²) >= 11 is 1.25. The Morgan fingerprint density at radius 3 is 2.48 bits per heavy atom. The molecule has 0 unspecified atom stereocenters. The molecule has 172 valence electrons. The number of ether oxygens (including phenoxy) is 2. The minimum atomic E-state index is -1.00. The highest BCUT2D eigenvalue weighted by atomic mass is 32.2. The summed E-state index contributed by atoms with van der Waals surface area (Å²) in [5.41, 5.74) is 4.11. The summed E-state index contributed by atoms with van der Waals surface area (Å²) in [7, 11) is 3.14. The summed E-state index contributed by atoms with van der Waals surface area (Å²) in [6.45, 7) is 2.59. The standard InChI is InChI=1S/C22H23N5O5S/c1-4-27-20(16-9-10-17(31-2)18(11-16)32-3)25-26-22(27)33-13-19(28)24-23-12-14-5-7-15(8-6-14)21(29)30/h5-12H,4,13H2,1-3H3,(H,24,28)(H,29,30)/b23-12-. The minimum Gasteiger partial charge on any atom is -0.493 e. The normalized spacial score (nSPS) is 10.9. The predicted molar refractivity (Wildman–Crippen MR) is 124 cm³/mol. The van der Waals surface area contributed by atoms with Crippen molar-refractivity contribution in [1.29, 1.82) is 0 Å². The van der Waals surface area contributed by atoms with Gasteiger partial charge in [0, 0.05) is 12.1 Å². The van der Waals surface area contributed by atoms with Gasteiger partial charge in [0.2, 0.25) is 0 Å². The lowest BCUT2D eigenvalue weighted by molar-refractivity contribution is -0.118. The second-order valence-electron chi connectivity index (χ2n) is 6.63. The van der Waals surface area contributed by atoms with Crippen molar-refractivity contribution >= 4 is 29.9 Å². The number of hydrogen-bond acceptors (Lipinski definition) is 8. The summed E-state index contributed by atoms with van der Waals surface area (Å²) in [6.07, 6.45) is 1.44. The van der Waals surface area contributed by atoms with Gasteiger partial charge in [-0.25, -0.2) is 10.2 Å². The van der Waals surface area contributed by atoms with Crippen LogP contribution in [0.3, 0.4) is 0 Å². The van der Waals surface area contributed by atoms with Crippen molar-refractivity contribution in [3.8, 4) is 22.9 Å². The average Bonchev–Trinajstić information content (AvgIpc) is 3.25. The molecule has 0 atom stereocenters. The SMILES string of the molecule is CCn1c(SCC(=O)N/N=C\c2ccc(C(=O)O)cc2)nnc1-c1ccc(OC)c(OC)c1. The van der Waals surface area contributed by atoms with Gasteiger partial charge in [-0.1, -0.05) is 23.9 Å². The van der Waals surface area contributed by atoms with E-state index in [0.717, 1.165) is 5.56 Å². The van der Waals surface area contributed by atoms with E-state index in [1.807, 2.05) is 23.6 Å². The maximum absolute atomic E-state index is 12.2. The Morgan fingerprint density at radius 2 is 1.85 bits per heavy atom. The lowest BCUT2D eigenvalue weighted by Crippen LogP contribution is -2.20. The molecule has 0 spiro atoms. The maximum atomic E-state index is 12.2. The van der Waals surface area contributed by atoms with E-state index in [1.54, 1.807) is 32.4 Å². The number of aromatic nitrogens is 3. The van der Waals surface area contributed by atoms with Gasteiger partial charge in [-0.05, 0) is 42.8 Å². The van der Waals surface area contributed by atoms with Crippen molar-refractivity contribution in [2.24, 2.45) is 5.10 Å². The van der Waals surface area contributed by atoms with Crippen LogP contribution in [0.5, 0.6) is 11.5 Å². The van der Waals surface area contributed by atoms with Crippen LogP contribution in [0.15, 0.2) is 52.7 Å². The van der Waals surface area contributed by atoms with Gasteiger partial charge in [0.1, 0.15) is 0 Å². The first-order valence-corrected chi connectivity index (χ1v) is 10.9. The number of carboxylic acid groups (broad SMARTS) is 1. The summed E-state index contributed by atoms with van der Waals surface area (Å²) in [5.74, 6) is 0.649. The largest absolute Gasteiger partial charge is 0.493 e. The molecule has 0 saturated heterocycles. The lowest BCUT2D eigenvalue weighted by atomic mass is 10.1. The number of rotatable bonds is 10. The molecule has 0 saturated carbocycles. The van der Waals surface area contributed by atoms with E-state index < -0.39 is 5.97 Å². The molecule has 0 aliphatic heterocycles. The number of nitrogens with one attached hydrogen (secondary N) is 1. The molecule has 0 radical (unpaired) electrons. The van der Waals surface area contributed by atoms with Crippen LogP contribution in [-0.4, -0.2) is 57.9 Å². The predicted octanol–water partition coefficient (Wildman–Crippen LogP) is 2.92. The van der Waals surface area contributed by atoms with Crippen LogP contribution in [0.4, 0.5) is 0 Å². The third kappa shape index (κ3) is 5.89. The van der Waals surface area contributed by atoms with Crippen LogP contribution in [0, 0.1) is 0 Å². The first-order valence-electron chi connectivity index (χ1n) is 9.90. The number of carbonyl (C=O) groups is 2. The topological polar surface area (TPSA) is 128 Å². The van der Waals surface area contributed by atoms with Crippen molar-refractivity contribution < 1.29 is 24.2 Å². The Kier molecular flexibility index (Phi) is 8.03. The molecule has 0 aliphatic carbocycles. The van der Waals surface area contributed by atoms with E-state index in [1.165, 1.54) is 30.1 Å². The van der Waals surface area contributed by atoms with Crippen LogP contribution in [-0.2, 0) is 11.3 Å². The fourth-order valence-corrected chi connectivity index (χ4v) is 3.72. The highest BCUT2D eigenvalue weighted by Crippen LogP contribution is 2.32. The number of methoxy groups -OCH3 is 2. The number of carbonyl (C=O) groups excluding carboxylic acids is 1. The molecule has 3 aromatic rings. The number of aromatic carboxylic acids is 1. The molecule has 0 bridgehead atoms. The summed E-state index contributed by atoms with van der Waals surface area (Å²) in [5, 5.41) is 21.9. The zero-order valence-electron chi connectivity index (χ0n) is 18.3. The summed E-state index contributed by atoms with van der Waals surface area (Å²) in [4.78, 5) is 23.0. The summed E-state index contributed by atoms with van der Waals surface area (Å²) < 4.78 is 12.6. The molecule has 1 heterocycles. The zero-order valence-corrected chi connectivity index (χ0v) is 19.1. The minimum absolute atomic E-state index is 0.0966. The van der Waals surface area contributed by atoms with Gasteiger partial charge in [-0.15, -0.1) is 10.2 Å². The van der Waals surface area contributed by atoms with E-state index in [4.69, 9.17) is 14.6 Å². The highest BCUT2D eigenvalue weighted by Gasteiger charge is 2.16. The first kappa shape index (κ1) is 23.8. The number of amides is 1. The third-order valence-electron chi connectivity index (χ3n) is 4.57. The van der Waals surface area contributed by atoms with Gasteiger partial charge in [0.25, 0.3) is 5.91 Å². The Morgan fingerprint density at radius 1 is 1.12 bits per heavy atom. The maximum Gasteiger partial charge on any atom is 0.335 e. The molecule has 11 heteroatoms. The van der Waals surface area contributed by atoms with Gasteiger partial charge >= 0.3 is 5.97 Å². The molecule has 0 aliphatic rings. The Balaban J connectivity index is 1.62. The molecular weight excluding hydrogens is 446 g/mol. The molecule has 2 aromatic carbocycles. The molecule has 2 N–H and O–H groups in total. The molecule has 3 rings (SSSR count). The fraction of sp³-hybridized carbons (Fsp3) is 0.227. The van der Waals surface area contributed by atoms with Gasteiger partial charge in [-0.2, -0.15) is 5.10 Å². The Labute approximate surface area is 194 Å². The van der Waals surface area contributed by atoms with Crippen molar-refractivity contribution in [3.63, 3.8) is 0 Å². The van der Waals surface area contributed by atoms with E-state index in [0.29, 0.717) is 34.6 Å². The third-order valence-corrected chi connectivity index (χ3v) is 5.53. The smallest absolute Gasteiger partial charge is 0.335 e. The van der Waals surface area contributed by atoms with Gasteiger partial charge in [0.05, 0.1) is 31.8 Å². The summed E-state index contributed by atoms with van der Waals surface area (Å²) in [6, 6.07) is 11.6. The second kappa shape index (κ2) is 11.1. The second-order valence-corrected chi connectivity index (χ2v) is 7.57. The molecular formula is C22H23N5O5S. The highest BCUT2D eigenvalue weighted by molar-refractivity contribution is 7.99. The Hall–Kier alpha value is -3.86. The molecule has 10 nitrogen and oxygen atoms in total. The number of nitrogens with zero attached hydrogens (tertiary/aromatic N) is 4. The number of carboxylic acids is 1. The number of hydrazone groups is 1. The molecule has 1 amide bonds. The van der Waals surface area contributed by atoms with E-state index in [2.05, 4.69) is 20.7 Å². The van der Waals surface area contributed by atoms with Gasteiger partial charge < -0.3 is 19.1 Å². The van der Waals surface area contributed by atoms with E-state index in [9.17, 15) is 9.59 Å². The van der Waals surface area contributed by atoms with Crippen LogP contribution in [0.2, 0.25) is 0 Å². The van der Waals surface area contributed by atoms with Crippen molar-refractivity contribution in [2.75, 3.05) is 20.0 Å². The molecule has 0 fully saturated rings. The number of benzene rings is 2. The monoisotopic (exact) mass is 469 g/mol. The quantitative estimate of drug-likeness (QED) is 0.264. The van der Waals surface area contributed by atoms with Crippen molar-refractivity contribution in [3.05, 3.63) is 53.6 Å². The lowest BCUT2D eigenvalue weighted by Gasteiger charge is -2.10. The van der Waals surface area contributed by atoms with E-state index >= 15 is 0 Å². The van der Waals surface area contributed by atoms with Crippen molar-refractivity contribution in [1.82, 2.24) is 20.2 Å². The van der Waals surface area contributed by atoms with E-state index in [-0.39, 0.29) is 17.2 Å². The van der Waals surface area contributed by atoms with Crippen molar-refractivity contribution in [2.45, 2.75) is 18.6 Å². The van der Waals surface area contributed by atoms with Crippen LogP contribution in [0.25, 0.3) is 11.4 Å². The molecule has 1 aromatic heterocycles. The van der Waals surface area contributed by atoms with Gasteiger partial charge in [0.15, 0.2) is 22.5 Å². The van der Waals surface area contributed by atoms with Crippen LogP contribution >= 0.6 is 11.8 Å². The fourth-order valence-electron chi connectivity index (χ4n) is 2.92. The number of hydrogen-bond donors (Lipinski definition) is 2. The average molecular weight is 470 g/mol. The zero-order chi connectivity index (χ0) is 23.8. The van der Waals surface area contributed by atoms with Crippen LogP contribution < -0.4 is 14.9 Å². The Bertz CT molecular complexity index is 1160. The first-order chi connectivity index (χ1) is 16.0. The van der Waals surface area contributed by atoms with Gasteiger partial charge in [-0.3, -0.25) is 4.79 Å². The van der Waals surface area contributed by atoms with Crippen LogP contribution in [0.1, 0.15) is 22.8 Å².